The average molecular weight is 184 g/mol. The van der Waals surface area contributed by atoms with Crippen LogP contribution < -0.4 is 0 Å². The Kier molecular flexibility index (Phi) is 2.50. The van der Waals surface area contributed by atoms with Crippen LogP contribution in [-0.4, -0.2) is 5.11 Å². The van der Waals surface area contributed by atoms with E-state index >= 15 is 0 Å². The Morgan fingerprint density at radius 3 is 2.71 bits per heavy atom. The highest BCUT2D eigenvalue weighted by molar-refractivity contribution is 5.62. The van der Waals surface area contributed by atoms with Crippen molar-refractivity contribution in [1.82, 2.24) is 0 Å². The number of rotatable bonds is 1. The fraction of sp³-hybridized carbons (Fsp3) is 0.0769. The maximum atomic E-state index is 9.55. The summed E-state index contributed by atoms with van der Waals surface area (Å²) in [6.45, 7) is 0. The van der Waals surface area contributed by atoms with Crippen LogP contribution in [0.15, 0.2) is 54.1 Å². The molecule has 0 radical (unpaired) electrons. The highest BCUT2D eigenvalue weighted by Gasteiger charge is 1.98. The minimum absolute atomic E-state index is 0.336. The molecule has 0 aromatic heterocycles. The van der Waals surface area contributed by atoms with Gasteiger partial charge in [0, 0.05) is 5.56 Å². The molecule has 0 bridgehead atoms. The summed E-state index contributed by atoms with van der Waals surface area (Å²) >= 11 is 0. The second-order valence-corrected chi connectivity index (χ2v) is 3.27. The van der Waals surface area contributed by atoms with Crippen LogP contribution in [0.2, 0.25) is 0 Å². The van der Waals surface area contributed by atoms with E-state index in [0.29, 0.717) is 5.75 Å². The number of allylic oxidation sites excluding steroid dienone is 5. The van der Waals surface area contributed by atoms with E-state index < -0.39 is 0 Å². The summed E-state index contributed by atoms with van der Waals surface area (Å²) in [6.07, 6.45) is 11.1. The molecule has 1 N–H and O–H groups in total. The van der Waals surface area contributed by atoms with E-state index in [9.17, 15) is 5.11 Å². The molecule has 1 heteroatoms. The Balaban J connectivity index is 2.29. The van der Waals surface area contributed by atoms with Gasteiger partial charge in [-0.1, -0.05) is 42.5 Å². The molecule has 0 fully saturated rings. The lowest BCUT2D eigenvalue weighted by Gasteiger charge is -2.03. The Bertz CT molecular complexity index is 411. The maximum absolute atomic E-state index is 9.55. The van der Waals surface area contributed by atoms with Gasteiger partial charge in [-0.25, -0.2) is 0 Å². The number of benzene rings is 1. The third kappa shape index (κ3) is 1.94. The first-order valence-corrected chi connectivity index (χ1v) is 4.68. The topological polar surface area (TPSA) is 20.2 Å². The fourth-order valence-electron chi connectivity index (χ4n) is 1.45. The van der Waals surface area contributed by atoms with Crippen molar-refractivity contribution in [3.8, 4) is 5.75 Å². The molecule has 70 valence electrons. The molecule has 1 aromatic rings. The van der Waals surface area contributed by atoms with Gasteiger partial charge >= 0.3 is 0 Å². The summed E-state index contributed by atoms with van der Waals surface area (Å²) < 4.78 is 0. The molecule has 0 heterocycles. The Morgan fingerprint density at radius 2 is 2.00 bits per heavy atom. The molecule has 1 aromatic carbocycles. The standard InChI is InChI=1S/C13H12O/c14-13-9-5-4-8-12(13)10-11-6-2-1-3-7-11/h1-6,8-10,14H,7H2. The van der Waals surface area contributed by atoms with Crippen LogP contribution in [0.1, 0.15) is 12.0 Å². The molecule has 0 aliphatic heterocycles. The van der Waals surface area contributed by atoms with E-state index in [1.54, 1.807) is 6.07 Å². The molecule has 2 rings (SSSR count). The Labute approximate surface area is 83.7 Å². The van der Waals surface area contributed by atoms with Crippen molar-refractivity contribution in [2.24, 2.45) is 0 Å². The molecule has 1 aliphatic carbocycles. The van der Waals surface area contributed by atoms with Gasteiger partial charge in [0.05, 0.1) is 0 Å². The number of phenolic OH excluding ortho intramolecular Hbond substituents is 1. The molecule has 0 spiro atoms. The second kappa shape index (κ2) is 3.97. The van der Waals surface area contributed by atoms with Gasteiger partial charge in [-0.3, -0.25) is 0 Å². The smallest absolute Gasteiger partial charge is 0.122 e. The molecule has 0 atom stereocenters. The van der Waals surface area contributed by atoms with Gasteiger partial charge < -0.3 is 5.11 Å². The quantitative estimate of drug-likeness (QED) is 0.710. The predicted octanol–water partition coefficient (Wildman–Crippen LogP) is 3.29. The lowest BCUT2D eigenvalue weighted by molar-refractivity contribution is 0.474. The van der Waals surface area contributed by atoms with Crippen molar-refractivity contribution in [2.45, 2.75) is 6.42 Å². The summed E-state index contributed by atoms with van der Waals surface area (Å²) in [6, 6.07) is 7.37. The Morgan fingerprint density at radius 1 is 1.14 bits per heavy atom. The first-order valence-electron chi connectivity index (χ1n) is 4.68. The van der Waals surface area contributed by atoms with Crippen LogP contribution in [0.5, 0.6) is 5.75 Å². The van der Waals surface area contributed by atoms with Gasteiger partial charge in [0.15, 0.2) is 0 Å². The summed E-state index contributed by atoms with van der Waals surface area (Å²) in [7, 11) is 0. The summed E-state index contributed by atoms with van der Waals surface area (Å²) in [4.78, 5) is 0. The van der Waals surface area contributed by atoms with Crippen LogP contribution >= 0.6 is 0 Å². The second-order valence-electron chi connectivity index (χ2n) is 3.27. The van der Waals surface area contributed by atoms with Crippen molar-refractivity contribution in [2.75, 3.05) is 0 Å². The summed E-state index contributed by atoms with van der Waals surface area (Å²) in [5.74, 6) is 0.336. The molecule has 14 heavy (non-hydrogen) atoms. The zero-order chi connectivity index (χ0) is 9.80. The van der Waals surface area contributed by atoms with E-state index in [-0.39, 0.29) is 0 Å². The molecule has 0 saturated carbocycles. The first-order chi connectivity index (χ1) is 6.86. The zero-order valence-corrected chi connectivity index (χ0v) is 7.85. The van der Waals surface area contributed by atoms with E-state index in [1.165, 1.54) is 5.57 Å². The van der Waals surface area contributed by atoms with Gasteiger partial charge in [0.1, 0.15) is 5.75 Å². The van der Waals surface area contributed by atoms with Crippen molar-refractivity contribution in [3.05, 3.63) is 59.7 Å². The van der Waals surface area contributed by atoms with Crippen LogP contribution in [0.3, 0.4) is 0 Å². The van der Waals surface area contributed by atoms with Crippen LogP contribution in [0.25, 0.3) is 6.08 Å². The van der Waals surface area contributed by atoms with Crippen molar-refractivity contribution in [3.63, 3.8) is 0 Å². The van der Waals surface area contributed by atoms with Gasteiger partial charge in [0.25, 0.3) is 0 Å². The van der Waals surface area contributed by atoms with E-state index in [4.69, 9.17) is 0 Å². The Hall–Kier alpha value is -1.76. The number of hydrogen-bond acceptors (Lipinski definition) is 1. The maximum Gasteiger partial charge on any atom is 0.122 e. The van der Waals surface area contributed by atoms with Crippen LogP contribution in [-0.2, 0) is 0 Å². The van der Waals surface area contributed by atoms with Crippen molar-refractivity contribution >= 4 is 6.08 Å². The zero-order valence-electron chi connectivity index (χ0n) is 7.85. The largest absolute Gasteiger partial charge is 0.507 e. The molecular weight excluding hydrogens is 172 g/mol. The third-order valence-corrected chi connectivity index (χ3v) is 2.19. The number of hydrogen-bond donors (Lipinski definition) is 1. The minimum Gasteiger partial charge on any atom is -0.507 e. The fourth-order valence-corrected chi connectivity index (χ4v) is 1.45. The predicted molar refractivity (Wildman–Crippen MR) is 59.0 cm³/mol. The lowest BCUT2D eigenvalue weighted by Crippen LogP contribution is -1.81. The third-order valence-electron chi connectivity index (χ3n) is 2.19. The molecule has 0 amide bonds. The van der Waals surface area contributed by atoms with E-state index in [2.05, 4.69) is 12.2 Å². The molecule has 1 aliphatic rings. The number of para-hydroxylation sites is 1. The normalized spacial score (nSPS) is 17.6. The number of aromatic hydroxyl groups is 1. The van der Waals surface area contributed by atoms with Gasteiger partial charge in [-0.05, 0) is 24.1 Å². The lowest BCUT2D eigenvalue weighted by atomic mass is 10.0. The summed E-state index contributed by atoms with van der Waals surface area (Å²) in [5.41, 5.74) is 2.09. The molecule has 1 nitrogen and oxygen atoms in total. The van der Waals surface area contributed by atoms with Gasteiger partial charge in [-0.2, -0.15) is 0 Å². The van der Waals surface area contributed by atoms with E-state index in [0.717, 1.165) is 12.0 Å². The SMILES string of the molecule is Oc1ccccc1C=C1C=CC=CC1. The highest BCUT2D eigenvalue weighted by atomic mass is 16.3. The summed E-state index contributed by atoms with van der Waals surface area (Å²) in [5, 5.41) is 9.55. The molecule has 0 unspecified atom stereocenters. The molecule has 0 saturated heterocycles. The minimum atomic E-state index is 0.336. The average Bonchev–Trinajstić information content (AvgIpc) is 2.23. The monoisotopic (exact) mass is 184 g/mol. The first kappa shape index (κ1) is 8.82. The van der Waals surface area contributed by atoms with Gasteiger partial charge in [0.2, 0.25) is 0 Å². The van der Waals surface area contributed by atoms with Crippen LogP contribution in [0.4, 0.5) is 0 Å². The van der Waals surface area contributed by atoms with Crippen LogP contribution in [0, 0.1) is 0 Å². The molecular formula is C13H12O. The van der Waals surface area contributed by atoms with Gasteiger partial charge in [-0.15, -0.1) is 0 Å². The van der Waals surface area contributed by atoms with Crippen molar-refractivity contribution < 1.29 is 5.11 Å². The van der Waals surface area contributed by atoms with Crippen molar-refractivity contribution in [1.29, 1.82) is 0 Å². The number of phenols is 1. The van der Waals surface area contributed by atoms with E-state index in [1.807, 2.05) is 36.4 Å². The highest BCUT2D eigenvalue weighted by Crippen LogP contribution is 2.21.